The van der Waals surface area contributed by atoms with Crippen LogP contribution in [0, 0.1) is 5.92 Å². The Bertz CT molecular complexity index is 466. The molecule has 2 heterocycles. The lowest BCUT2D eigenvalue weighted by molar-refractivity contribution is 0.0157. The van der Waals surface area contributed by atoms with E-state index < -0.39 is 0 Å². The summed E-state index contributed by atoms with van der Waals surface area (Å²) in [7, 11) is 0. The summed E-state index contributed by atoms with van der Waals surface area (Å²) in [6.07, 6.45) is 1.98. The average Bonchev–Trinajstić information content (AvgIpc) is 2.61. The molecule has 0 radical (unpaired) electrons. The molecule has 0 aliphatic carbocycles. The number of piperazine rings is 1. The van der Waals surface area contributed by atoms with Crippen molar-refractivity contribution in [3.05, 3.63) is 30.3 Å². The lowest BCUT2D eigenvalue weighted by atomic mass is 10.0. The van der Waals surface area contributed by atoms with E-state index in [2.05, 4.69) is 17.0 Å². The first-order valence-corrected chi connectivity index (χ1v) is 8.12. The molecule has 5 nitrogen and oxygen atoms in total. The van der Waals surface area contributed by atoms with Crippen LogP contribution in [0.2, 0.25) is 0 Å². The summed E-state index contributed by atoms with van der Waals surface area (Å²) in [5.74, 6) is 0.364. The van der Waals surface area contributed by atoms with Crippen LogP contribution in [0.25, 0.3) is 0 Å². The third-order valence-electron chi connectivity index (χ3n) is 4.36. The van der Waals surface area contributed by atoms with Gasteiger partial charge in [-0.05, 0) is 25.0 Å². The van der Waals surface area contributed by atoms with Gasteiger partial charge in [0.05, 0.1) is 13.2 Å². The smallest absolute Gasteiger partial charge is 0.409 e. The second kappa shape index (κ2) is 7.49. The van der Waals surface area contributed by atoms with Crippen LogP contribution in [-0.4, -0.2) is 57.0 Å². The van der Waals surface area contributed by atoms with E-state index in [-0.39, 0.29) is 6.09 Å². The fourth-order valence-corrected chi connectivity index (χ4v) is 3.01. The summed E-state index contributed by atoms with van der Waals surface area (Å²) < 4.78 is 10.9. The molecule has 5 heteroatoms. The number of benzene rings is 1. The zero-order valence-corrected chi connectivity index (χ0v) is 12.9. The van der Waals surface area contributed by atoms with Gasteiger partial charge < -0.3 is 19.3 Å². The maximum absolute atomic E-state index is 12.1. The molecular formula is C17H24N2O3. The minimum Gasteiger partial charge on any atom is -0.449 e. The van der Waals surface area contributed by atoms with E-state index in [1.165, 1.54) is 5.69 Å². The molecule has 1 amide bonds. The highest BCUT2D eigenvalue weighted by Crippen LogP contribution is 2.17. The second-order valence-electron chi connectivity index (χ2n) is 5.97. The summed E-state index contributed by atoms with van der Waals surface area (Å²) in [6.45, 7) is 5.18. The zero-order chi connectivity index (χ0) is 15.2. The van der Waals surface area contributed by atoms with Gasteiger partial charge in [0.25, 0.3) is 0 Å². The van der Waals surface area contributed by atoms with E-state index in [0.717, 1.165) is 52.2 Å². The van der Waals surface area contributed by atoms with Gasteiger partial charge in [0, 0.05) is 44.4 Å². The maximum atomic E-state index is 12.1. The van der Waals surface area contributed by atoms with E-state index in [9.17, 15) is 4.79 Å². The first kappa shape index (κ1) is 15.2. The molecule has 2 saturated heterocycles. The molecule has 0 saturated carbocycles. The summed E-state index contributed by atoms with van der Waals surface area (Å²) in [5.41, 5.74) is 1.22. The third-order valence-corrected chi connectivity index (χ3v) is 4.36. The molecule has 22 heavy (non-hydrogen) atoms. The minimum atomic E-state index is -0.182. The molecule has 0 N–H and O–H groups in total. The van der Waals surface area contributed by atoms with Crippen LogP contribution in [0.3, 0.4) is 0 Å². The van der Waals surface area contributed by atoms with Crippen molar-refractivity contribution in [3.63, 3.8) is 0 Å². The first-order valence-electron chi connectivity index (χ1n) is 8.12. The fourth-order valence-electron chi connectivity index (χ4n) is 3.01. The highest BCUT2D eigenvalue weighted by molar-refractivity contribution is 5.68. The van der Waals surface area contributed by atoms with Crippen molar-refractivity contribution in [2.45, 2.75) is 12.8 Å². The van der Waals surface area contributed by atoms with Gasteiger partial charge in [-0.25, -0.2) is 4.79 Å². The van der Waals surface area contributed by atoms with Gasteiger partial charge in [-0.3, -0.25) is 0 Å². The standard InChI is InChI=1S/C17H24N2O3/c20-17(22-14-15-5-4-12-21-13-15)19-10-8-18(9-11-19)16-6-2-1-3-7-16/h1-3,6-7,15H,4-5,8-14H2. The van der Waals surface area contributed by atoms with Gasteiger partial charge in [0.1, 0.15) is 0 Å². The van der Waals surface area contributed by atoms with E-state index in [4.69, 9.17) is 9.47 Å². The normalized spacial score (nSPS) is 22.5. The van der Waals surface area contributed by atoms with Crippen LogP contribution < -0.4 is 4.90 Å². The number of carbonyl (C=O) groups is 1. The molecule has 2 aliphatic rings. The number of amides is 1. The summed E-state index contributed by atoms with van der Waals surface area (Å²) in [5, 5.41) is 0. The lowest BCUT2D eigenvalue weighted by Crippen LogP contribution is -2.49. The van der Waals surface area contributed by atoms with Gasteiger partial charge in [0.2, 0.25) is 0 Å². The Morgan fingerprint density at radius 2 is 1.95 bits per heavy atom. The zero-order valence-electron chi connectivity index (χ0n) is 12.9. The molecule has 1 aromatic rings. The molecule has 2 fully saturated rings. The molecule has 120 valence electrons. The number of anilines is 1. The second-order valence-corrected chi connectivity index (χ2v) is 5.97. The Morgan fingerprint density at radius 3 is 2.64 bits per heavy atom. The highest BCUT2D eigenvalue weighted by Gasteiger charge is 2.23. The van der Waals surface area contributed by atoms with Gasteiger partial charge in [-0.2, -0.15) is 0 Å². The molecule has 0 bridgehead atoms. The summed E-state index contributed by atoms with van der Waals surface area (Å²) >= 11 is 0. The van der Waals surface area contributed by atoms with Crippen molar-refractivity contribution >= 4 is 11.8 Å². The SMILES string of the molecule is O=C(OCC1CCCOC1)N1CCN(c2ccccc2)CC1. The predicted molar refractivity (Wildman–Crippen MR) is 85.1 cm³/mol. The average molecular weight is 304 g/mol. The van der Waals surface area contributed by atoms with Crippen LogP contribution in [0.4, 0.5) is 10.5 Å². The summed E-state index contributed by atoms with van der Waals surface area (Å²) in [4.78, 5) is 16.2. The molecule has 1 atom stereocenters. The van der Waals surface area contributed by atoms with E-state index >= 15 is 0 Å². The van der Waals surface area contributed by atoms with Crippen molar-refractivity contribution < 1.29 is 14.3 Å². The number of nitrogens with zero attached hydrogens (tertiary/aromatic N) is 2. The van der Waals surface area contributed by atoms with Crippen LogP contribution >= 0.6 is 0 Å². The van der Waals surface area contributed by atoms with Crippen LogP contribution in [0.5, 0.6) is 0 Å². The molecule has 2 aliphatic heterocycles. The molecule has 0 spiro atoms. The Morgan fingerprint density at radius 1 is 1.18 bits per heavy atom. The van der Waals surface area contributed by atoms with Crippen molar-refractivity contribution in [2.75, 3.05) is 50.9 Å². The van der Waals surface area contributed by atoms with E-state index in [1.807, 2.05) is 23.1 Å². The van der Waals surface area contributed by atoms with Crippen molar-refractivity contribution in [3.8, 4) is 0 Å². The van der Waals surface area contributed by atoms with E-state index in [1.54, 1.807) is 0 Å². The Labute approximate surface area is 131 Å². The quantitative estimate of drug-likeness (QED) is 0.860. The fraction of sp³-hybridized carbons (Fsp3) is 0.588. The Hall–Kier alpha value is -1.75. The van der Waals surface area contributed by atoms with Gasteiger partial charge in [-0.1, -0.05) is 18.2 Å². The third kappa shape index (κ3) is 3.91. The number of ether oxygens (including phenoxy) is 2. The van der Waals surface area contributed by atoms with Gasteiger partial charge >= 0.3 is 6.09 Å². The molecule has 0 aromatic heterocycles. The topological polar surface area (TPSA) is 42.0 Å². The summed E-state index contributed by atoms with van der Waals surface area (Å²) in [6, 6.07) is 10.3. The monoisotopic (exact) mass is 304 g/mol. The van der Waals surface area contributed by atoms with Crippen molar-refractivity contribution in [1.82, 2.24) is 4.90 Å². The minimum absolute atomic E-state index is 0.182. The molecular weight excluding hydrogens is 280 g/mol. The number of hydrogen-bond acceptors (Lipinski definition) is 4. The molecule has 1 unspecified atom stereocenters. The largest absolute Gasteiger partial charge is 0.449 e. The van der Waals surface area contributed by atoms with Crippen LogP contribution in [0.1, 0.15) is 12.8 Å². The molecule has 1 aromatic carbocycles. The van der Waals surface area contributed by atoms with Crippen LogP contribution in [-0.2, 0) is 9.47 Å². The number of carbonyl (C=O) groups excluding carboxylic acids is 1. The Kier molecular flexibility index (Phi) is 5.16. The predicted octanol–water partition coefficient (Wildman–Crippen LogP) is 2.37. The van der Waals surface area contributed by atoms with Crippen molar-refractivity contribution in [2.24, 2.45) is 5.92 Å². The van der Waals surface area contributed by atoms with Gasteiger partial charge in [0.15, 0.2) is 0 Å². The molecule has 3 rings (SSSR count). The lowest BCUT2D eigenvalue weighted by Gasteiger charge is -2.35. The number of rotatable bonds is 3. The maximum Gasteiger partial charge on any atom is 0.409 e. The Balaban J connectivity index is 1.41. The van der Waals surface area contributed by atoms with Gasteiger partial charge in [-0.15, -0.1) is 0 Å². The number of hydrogen-bond donors (Lipinski definition) is 0. The van der Waals surface area contributed by atoms with Crippen LogP contribution in [0.15, 0.2) is 30.3 Å². The van der Waals surface area contributed by atoms with Crippen molar-refractivity contribution in [1.29, 1.82) is 0 Å². The van der Waals surface area contributed by atoms with E-state index in [0.29, 0.717) is 12.5 Å². The number of para-hydroxylation sites is 1. The highest BCUT2D eigenvalue weighted by atomic mass is 16.6. The first-order chi connectivity index (χ1) is 10.8.